The van der Waals surface area contributed by atoms with Crippen molar-refractivity contribution in [3.8, 4) is 0 Å². The second-order valence-corrected chi connectivity index (χ2v) is 7.85. The quantitative estimate of drug-likeness (QED) is 0.673. The minimum absolute atomic E-state index is 0.0322. The number of nitrogens with zero attached hydrogens (tertiary/aromatic N) is 3. The summed E-state index contributed by atoms with van der Waals surface area (Å²) in [4.78, 5) is 29.3. The van der Waals surface area contributed by atoms with Crippen LogP contribution in [0.4, 0.5) is 0 Å². The van der Waals surface area contributed by atoms with Crippen LogP contribution in [0.15, 0.2) is 41.2 Å². The molecular weight excluding hydrogens is 368 g/mol. The van der Waals surface area contributed by atoms with E-state index in [-0.39, 0.29) is 17.5 Å². The largest absolute Gasteiger partial charge is 0.349 e. The lowest BCUT2D eigenvalue weighted by atomic mass is 10.1. The Morgan fingerprint density at radius 1 is 1.35 bits per heavy atom. The van der Waals surface area contributed by atoms with Crippen LogP contribution in [-0.2, 0) is 17.0 Å². The predicted molar refractivity (Wildman–Crippen MR) is 106 cm³/mol. The second-order valence-electron chi connectivity index (χ2n) is 5.82. The van der Waals surface area contributed by atoms with Gasteiger partial charge in [-0.25, -0.2) is 4.98 Å². The van der Waals surface area contributed by atoms with Gasteiger partial charge in [0.2, 0.25) is 10.9 Å². The number of hydrogen-bond donors (Lipinski definition) is 1. The molecule has 2 heterocycles. The van der Waals surface area contributed by atoms with E-state index >= 15 is 0 Å². The molecule has 26 heavy (non-hydrogen) atoms. The molecule has 1 aromatic carbocycles. The van der Waals surface area contributed by atoms with E-state index in [0.29, 0.717) is 22.2 Å². The number of aryl methyl sites for hydroxylation is 1. The molecule has 3 aromatic rings. The number of nitrogens with one attached hydrogen (secondary N) is 1. The fourth-order valence-corrected chi connectivity index (χ4v) is 4.05. The Morgan fingerprint density at radius 3 is 2.85 bits per heavy atom. The van der Waals surface area contributed by atoms with Crippen molar-refractivity contribution >= 4 is 34.0 Å². The maximum atomic E-state index is 12.1. The Morgan fingerprint density at radius 2 is 2.12 bits per heavy atom. The van der Waals surface area contributed by atoms with E-state index in [9.17, 15) is 9.59 Å². The standard InChI is InChI=1S/C18H20N4O2S2/c1-3-16-21-22-17(24)9-14(20-18(22)26-16)10-25-11-15(23)19-12(2)13-7-5-4-6-8-13/h4-9,12H,3,10-11H2,1-2H3,(H,19,23)/t12-/m1/s1. The number of thioether (sulfide) groups is 1. The number of carbonyl (C=O) groups excluding carboxylic acids is 1. The number of carbonyl (C=O) groups is 1. The fourth-order valence-electron chi connectivity index (χ4n) is 2.47. The Labute approximate surface area is 159 Å². The first-order valence-electron chi connectivity index (χ1n) is 8.37. The summed E-state index contributed by atoms with van der Waals surface area (Å²) in [7, 11) is 0. The Hall–Kier alpha value is -2.19. The zero-order valence-corrected chi connectivity index (χ0v) is 16.3. The molecule has 0 fully saturated rings. The smallest absolute Gasteiger partial charge is 0.275 e. The number of fused-ring (bicyclic) bond motifs is 1. The average Bonchev–Trinajstić information content (AvgIpc) is 3.06. The molecule has 0 spiro atoms. The van der Waals surface area contributed by atoms with Gasteiger partial charge in [0.1, 0.15) is 5.01 Å². The fraction of sp³-hybridized carbons (Fsp3) is 0.333. The van der Waals surface area contributed by atoms with Crippen LogP contribution in [0.3, 0.4) is 0 Å². The third-order valence-electron chi connectivity index (χ3n) is 3.80. The average molecular weight is 389 g/mol. The molecule has 1 N–H and O–H groups in total. The van der Waals surface area contributed by atoms with Crippen LogP contribution in [-0.4, -0.2) is 26.3 Å². The predicted octanol–water partition coefficient (Wildman–Crippen LogP) is 2.82. The van der Waals surface area contributed by atoms with Crippen LogP contribution in [0.25, 0.3) is 4.96 Å². The van der Waals surface area contributed by atoms with Crippen molar-refractivity contribution in [2.45, 2.75) is 32.1 Å². The molecule has 136 valence electrons. The van der Waals surface area contributed by atoms with Gasteiger partial charge >= 0.3 is 0 Å². The molecule has 0 saturated carbocycles. The molecule has 0 aliphatic carbocycles. The molecule has 1 amide bonds. The molecule has 8 heteroatoms. The van der Waals surface area contributed by atoms with Gasteiger partial charge in [-0.2, -0.15) is 9.61 Å². The summed E-state index contributed by atoms with van der Waals surface area (Å²) < 4.78 is 1.34. The first kappa shape index (κ1) is 18.6. The van der Waals surface area contributed by atoms with Gasteiger partial charge in [0.15, 0.2) is 0 Å². The minimum atomic E-state index is -0.177. The number of hydrogen-bond acceptors (Lipinski definition) is 6. The molecule has 6 nitrogen and oxygen atoms in total. The van der Waals surface area contributed by atoms with Crippen LogP contribution >= 0.6 is 23.1 Å². The lowest BCUT2D eigenvalue weighted by Crippen LogP contribution is -2.28. The van der Waals surface area contributed by atoms with Crippen molar-refractivity contribution in [1.29, 1.82) is 0 Å². The third-order valence-corrected chi connectivity index (χ3v) is 5.82. The highest BCUT2D eigenvalue weighted by atomic mass is 32.2. The summed E-state index contributed by atoms with van der Waals surface area (Å²) >= 11 is 2.87. The Bertz CT molecular complexity index is 953. The maximum absolute atomic E-state index is 12.1. The summed E-state index contributed by atoms with van der Waals surface area (Å²) in [6, 6.07) is 11.3. The summed E-state index contributed by atoms with van der Waals surface area (Å²) in [5, 5.41) is 8.09. The zero-order valence-electron chi connectivity index (χ0n) is 14.6. The lowest BCUT2D eigenvalue weighted by Gasteiger charge is -2.14. The van der Waals surface area contributed by atoms with Gasteiger partial charge in [-0.1, -0.05) is 48.6 Å². The number of amides is 1. The van der Waals surface area contributed by atoms with E-state index in [1.165, 1.54) is 33.7 Å². The van der Waals surface area contributed by atoms with Crippen molar-refractivity contribution in [2.24, 2.45) is 0 Å². The summed E-state index contributed by atoms with van der Waals surface area (Å²) in [6.07, 6.45) is 0.775. The van der Waals surface area contributed by atoms with Gasteiger partial charge < -0.3 is 5.32 Å². The van der Waals surface area contributed by atoms with E-state index in [0.717, 1.165) is 17.0 Å². The molecule has 0 aliphatic heterocycles. The van der Waals surface area contributed by atoms with E-state index in [4.69, 9.17) is 0 Å². The van der Waals surface area contributed by atoms with Gasteiger partial charge in [0, 0.05) is 11.8 Å². The van der Waals surface area contributed by atoms with Crippen molar-refractivity contribution < 1.29 is 4.79 Å². The molecular formula is C18H20N4O2S2. The third kappa shape index (κ3) is 4.50. The highest BCUT2D eigenvalue weighted by molar-refractivity contribution is 7.99. The van der Waals surface area contributed by atoms with Crippen LogP contribution in [0.5, 0.6) is 0 Å². The molecule has 2 aromatic heterocycles. The monoisotopic (exact) mass is 388 g/mol. The van der Waals surface area contributed by atoms with Gasteiger partial charge in [0.05, 0.1) is 17.5 Å². The van der Waals surface area contributed by atoms with Gasteiger partial charge in [0.25, 0.3) is 5.56 Å². The summed E-state index contributed by atoms with van der Waals surface area (Å²) in [5.74, 6) is 0.800. The van der Waals surface area contributed by atoms with Gasteiger partial charge in [-0.05, 0) is 18.9 Å². The number of rotatable bonds is 7. The van der Waals surface area contributed by atoms with Crippen molar-refractivity contribution in [3.63, 3.8) is 0 Å². The van der Waals surface area contributed by atoms with Crippen LogP contribution in [0.1, 0.15) is 36.2 Å². The molecule has 0 unspecified atom stereocenters. The van der Waals surface area contributed by atoms with E-state index in [2.05, 4.69) is 15.4 Å². The summed E-state index contributed by atoms with van der Waals surface area (Å²) in [5.41, 5.74) is 1.57. The second kappa shape index (κ2) is 8.46. The molecule has 3 rings (SSSR count). The molecule has 1 atom stereocenters. The van der Waals surface area contributed by atoms with Crippen molar-refractivity contribution in [3.05, 3.63) is 63.0 Å². The first-order chi connectivity index (χ1) is 12.6. The maximum Gasteiger partial charge on any atom is 0.275 e. The number of benzene rings is 1. The SMILES string of the molecule is CCc1nn2c(=O)cc(CSCC(=O)N[C@H](C)c3ccccc3)nc2s1. The van der Waals surface area contributed by atoms with E-state index in [1.54, 1.807) is 0 Å². The molecule has 0 radical (unpaired) electrons. The van der Waals surface area contributed by atoms with Crippen LogP contribution < -0.4 is 10.9 Å². The van der Waals surface area contributed by atoms with Crippen molar-refractivity contribution in [2.75, 3.05) is 5.75 Å². The lowest BCUT2D eigenvalue weighted by molar-refractivity contribution is -0.119. The summed E-state index contributed by atoms with van der Waals surface area (Å²) in [6.45, 7) is 3.96. The Balaban J connectivity index is 1.55. The zero-order chi connectivity index (χ0) is 18.5. The van der Waals surface area contributed by atoms with Gasteiger partial charge in [-0.15, -0.1) is 11.8 Å². The van der Waals surface area contributed by atoms with Gasteiger partial charge in [-0.3, -0.25) is 9.59 Å². The normalized spacial score (nSPS) is 12.2. The van der Waals surface area contributed by atoms with Crippen LogP contribution in [0, 0.1) is 0 Å². The highest BCUT2D eigenvalue weighted by Gasteiger charge is 2.11. The highest BCUT2D eigenvalue weighted by Crippen LogP contribution is 2.15. The van der Waals surface area contributed by atoms with Crippen molar-refractivity contribution in [1.82, 2.24) is 19.9 Å². The Kier molecular flexibility index (Phi) is 6.05. The van der Waals surface area contributed by atoms with E-state index in [1.807, 2.05) is 44.2 Å². The first-order valence-corrected chi connectivity index (χ1v) is 10.3. The van der Waals surface area contributed by atoms with E-state index < -0.39 is 0 Å². The topological polar surface area (TPSA) is 76.4 Å². The minimum Gasteiger partial charge on any atom is -0.349 e. The number of aromatic nitrogens is 3. The molecule has 0 aliphatic rings. The molecule has 0 saturated heterocycles. The van der Waals surface area contributed by atoms with Crippen LogP contribution in [0.2, 0.25) is 0 Å². The molecule has 0 bridgehead atoms.